The van der Waals surface area contributed by atoms with Crippen molar-refractivity contribution in [1.82, 2.24) is 5.32 Å². The highest BCUT2D eigenvalue weighted by molar-refractivity contribution is 7.08. The van der Waals surface area contributed by atoms with Gasteiger partial charge in [0.05, 0.1) is 5.56 Å². The van der Waals surface area contributed by atoms with E-state index < -0.39 is 0 Å². The lowest BCUT2D eigenvalue weighted by Crippen LogP contribution is -2.23. The molecule has 1 aromatic carbocycles. The predicted octanol–water partition coefficient (Wildman–Crippen LogP) is 3.00. The normalized spacial score (nSPS) is 10.3. The van der Waals surface area contributed by atoms with E-state index in [1.165, 1.54) is 5.56 Å². The lowest BCUT2D eigenvalue weighted by Gasteiger charge is -2.08. The van der Waals surface area contributed by atoms with Gasteiger partial charge in [0, 0.05) is 6.54 Å². The monoisotopic (exact) mass is 261 g/mol. The van der Waals surface area contributed by atoms with Gasteiger partial charge in [-0.15, -0.1) is 0 Å². The SMILES string of the molecule is Cc1cscc1CNC(=O)c1cccc(C)c1O. The Bertz CT molecular complexity index is 575. The van der Waals surface area contributed by atoms with E-state index in [9.17, 15) is 9.90 Å². The van der Waals surface area contributed by atoms with Crippen molar-refractivity contribution in [2.45, 2.75) is 20.4 Å². The molecule has 94 valence electrons. The summed E-state index contributed by atoms with van der Waals surface area (Å²) in [5, 5.41) is 16.7. The molecule has 4 heteroatoms. The molecule has 0 spiro atoms. The van der Waals surface area contributed by atoms with Crippen LogP contribution >= 0.6 is 11.3 Å². The van der Waals surface area contributed by atoms with Crippen LogP contribution in [0.2, 0.25) is 0 Å². The van der Waals surface area contributed by atoms with Crippen molar-refractivity contribution in [3.63, 3.8) is 0 Å². The van der Waals surface area contributed by atoms with E-state index in [0.29, 0.717) is 17.7 Å². The standard InChI is InChI=1S/C14H15NO2S/c1-9-4-3-5-12(13(9)16)14(17)15-6-11-8-18-7-10(11)2/h3-5,7-8,16H,6H2,1-2H3,(H,15,17). The maximum atomic E-state index is 12.0. The zero-order valence-electron chi connectivity index (χ0n) is 10.4. The summed E-state index contributed by atoms with van der Waals surface area (Å²) in [4.78, 5) is 12.0. The van der Waals surface area contributed by atoms with Gasteiger partial charge in [0.15, 0.2) is 0 Å². The van der Waals surface area contributed by atoms with Crippen LogP contribution in [0.3, 0.4) is 0 Å². The number of hydrogen-bond donors (Lipinski definition) is 2. The Kier molecular flexibility index (Phi) is 3.67. The van der Waals surface area contributed by atoms with E-state index in [4.69, 9.17) is 0 Å². The maximum absolute atomic E-state index is 12.0. The molecule has 3 nitrogen and oxygen atoms in total. The minimum Gasteiger partial charge on any atom is -0.507 e. The fourth-order valence-electron chi connectivity index (χ4n) is 1.68. The van der Waals surface area contributed by atoms with Gasteiger partial charge >= 0.3 is 0 Å². The van der Waals surface area contributed by atoms with Gasteiger partial charge < -0.3 is 10.4 Å². The number of phenols is 1. The minimum absolute atomic E-state index is 0.0528. The molecule has 1 aromatic heterocycles. The number of carbonyl (C=O) groups excluding carboxylic acids is 1. The molecular weight excluding hydrogens is 246 g/mol. The fourth-order valence-corrected chi connectivity index (χ4v) is 2.54. The summed E-state index contributed by atoms with van der Waals surface area (Å²) in [6.45, 7) is 4.28. The molecule has 0 radical (unpaired) electrons. The maximum Gasteiger partial charge on any atom is 0.255 e. The van der Waals surface area contributed by atoms with E-state index in [-0.39, 0.29) is 11.7 Å². The summed E-state index contributed by atoms with van der Waals surface area (Å²) in [5.41, 5.74) is 3.31. The predicted molar refractivity (Wildman–Crippen MR) is 73.1 cm³/mol. The van der Waals surface area contributed by atoms with Crippen molar-refractivity contribution < 1.29 is 9.90 Å². The van der Waals surface area contributed by atoms with Crippen molar-refractivity contribution in [2.24, 2.45) is 0 Å². The number of thiophene rings is 1. The number of nitrogens with one attached hydrogen (secondary N) is 1. The van der Waals surface area contributed by atoms with Crippen LogP contribution in [0, 0.1) is 13.8 Å². The Morgan fingerprint density at radius 1 is 1.28 bits per heavy atom. The first-order valence-corrected chi connectivity index (χ1v) is 6.62. The molecule has 0 unspecified atom stereocenters. The van der Waals surface area contributed by atoms with Gasteiger partial charge in [0.25, 0.3) is 5.91 Å². The van der Waals surface area contributed by atoms with Gasteiger partial charge in [-0.25, -0.2) is 0 Å². The summed E-state index contributed by atoms with van der Waals surface area (Å²) in [7, 11) is 0. The minimum atomic E-state index is -0.248. The van der Waals surface area contributed by atoms with Crippen molar-refractivity contribution in [1.29, 1.82) is 0 Å². The number of aromatic hydroxyl groups is 1. The van der Waals surface area contributed by atoms with E-state index in [1.807, 2.05) is 17.7 Å². The summed E-state index contributed by atoms with van der Waals surface area (Å²) in [5.74, 6) is -0.196. The van der Waals surface area contributed by atoms with Gasteiger partial charge in [0.2, 0.25) is 0 Å². The number of para-hydroxylation sites is 1. The highest BCUT2D eigenvalue weighted by atomic mass is 32.1. The summed E-state index contributed by atoms with van der Waals surface area (Å²) < 4.78 is 0. The molecule has 18 heavy (non-hydrogen) atoms. The number of phenolic OH excluding ortho intramolecular Hbond substituents is 1. The zero-order chi connectivity index (χ0) is 13.1. The Labute approximate surface area is 110 Å². The average Bonchev–Trinajstić information content (AvgIpc) is 2.75. The molecule has 1 heterocycles. The zero-order valence-corrected chi connectivity index (χ0v) is 11.2. The number of aryl methyl sites for hydroxylation is 2. The molecule has 0 saturated heterocycles. The Morgan fingerprint density at radius 2 is 2.06 bits per heavy atom. The fraction of sp³-hybridized carbons (Fsp3) is 0.214. The topological polar surface area (TPSA) is 49.3 Å². The van der Waals surface area contributed by atoms with E-state index in [2.05, 4.69) is 5.32 Å². The molecule has 0 bridgehead atoms. The van der Waals surface area contributed by atoms with E-state index >= 15 is 0 Å². The van der Waals surface area contributed by atoms with Gasteiger partial charge in [-0.05, 0) is 47.4 Å². The van der Waals surface area contributed by atoms with Crippen LogP contribution in [0.5, 0.6) is 5.75 Å². The van der Waals surface area contributed by atoms with Crippen LogP contribution in [0.15, 0.2) is 29.0 Å². The van der Waals surface area contributed by atoms with Crippen LogP contribution < -0.4 is 5.32 Å². The van der Waals surface area contributed by atoms with Crippen molar-refractivity contribution in [2.75, 3.05) is 0 Å². The van der Waals surface area contributed by atoms with Crippen molar-refractivity contribution in [3.8, 4) is 5.75 Å². The Hall–Kier alpha value is -1.81. The van der Waals surface area contributed by atoms with Gasteiger partial charge in [-0.1, -0.05) is 12.1 Å². The third kappa shape index (κ3) is 2.54. The molecule has 2 aromatic rings. The molecule has 0 saturated carbocycles. The first-order valence-electron chi connectivity index (χ1n) is 5.68. The van der Waals surface area contributed by atoms with Crippen LogP contribution in [-0.2, 0) is 6.54 Å². The second-order valence-corrected chi connectivity index (χ2v) is 4.98. The molecule has 0 atom stereocenters. The Morgan fingerprint density at radius 3 is 2.72 bits per heavy atom. The lowest BCUT2D eigenvalue weighted by molar-refractivity contribution is 0.0948. The molecule has 0 aliphatic heterocycles. The molecule has 2 N–H and O–H groups in total. The van der Waals surface area contributed by atoms with Gasteiger partial charge in [0.1, 0.15) is 5.75 Å². The van der Waals surface area contributed by atoms with Gasteiger partial charge in [-0.2, -0.15) is 11.3 Å². The number of amides is 1. The number of carbonyl (C=O) groups is 1. The highest BCUT2D eigenvalue weighted by Crippen LogP contribution is 2.21. The first-order chi connectivity index (χ1) is 8.59. The van der Waals surface area contributed by atoms with Gasteiger partial charge in [-0.3, -0.25) is 4.79 Å². The highest BCUT2D eigenvalue weighted by Gasteiger charge is 2.12. The second kappa shape index (κ2) is 5.23. The van der Waals surface area contributed by atoms with Crippen LogP contribution in [0.25, 0.3) is 0 Å². The number of benzene rings is 1. The van der Waals surface area contributed by atoms with E-state index in [0.717, 1.165) is 5.56 Å². The molecule has 0 aliphatic carbocycles. The van der Waals surface area contributed by atoms with Crippen LogP contribution in [0.1, 0.15) is 27.0 Å². The molecule has 2 rings (SSSR count). The smallest absolute Gasteiger partial charge is 0.255 e. The summed E-state index contributed by atoms with van der Waals surface area (Å²) in [6, 6.07) is 5.16. The van der Waals surface area contributed by atoms with Crippen molar-refractivity contribution in [3.05, 3.63) is 51.2 Å². The average molecular weight is 261 g/mol. The van der Waals surface area contributed by atoms with Crippen molar-refractivity contribution >= 4 is 17.2 Å². The largest absolute Gasteiger partial charge is 0.507 e. The van der Waals surface area contributed by atoms with Crippen LogP contribution in [-0.4, -0.2) is 11.0 Å². The van der Waals surface area contributed by atoms with Crippen LogP contribution in [0.4, 0.5) is 0 Å². The summed E-state index contributed by atoms with van der Waals surface area (Å²) >= 11 is 1.62. The summed E-state index contributed by atoms with van der Waals surface area (Å²) in [6.07, 6.45) is 0. The third-order valence-electron chi connectivity index (χ3n) is 2.88. The lowest BCUT2D eigenvalue weighted by atomic mass is 10.1. The Balaban J connectivity index is 2.09. The molecule has 0 aliphatic rings. The number of rotatable bonds is 3. The number of hydrogen-bond acceptors (Lipinski definition) is 3. The second-order valence-electron chi connectivity index (χ2n) is 4.23. The molecule has 0 fully saturated rings. The molecule has 1 amide bonds. The third-order valence-corrected chi connectivity index (χ3v) is 3.79. The first kappa shape index (κ1) is 12.6. The molecular formula is C14H15NO2S. The quantitative estimate of drug-likeness (QED) is 0.892. The van der Waals surface area contributed by atoms with E-state index in [1.54, 1.807) is 36.5 Å².